The fraction of sp³-hybridized carbons (Fsp3) is 0.875. The topological polar surface area (TPSA) is 78.9 Å². The van der Waals surface area contributed by atoms with Crippen LogP contribution in [-0.4, -0.2) is 37.2 Å². The lowest BCUT2D eigenvalue weighted by Crippen LogP contribution is -2.30. The number of esters is 3. The minimum Gasteiger partial charge on any atom is -0.462 e. The molecule has 0 amide bonds. The van der Waals surface area contributed by atoms with Gasteiger partial charge in [0.2, 0.25) is 0 Å². The first kappa shape index (κ1) is 75.6. The summed E-state index contributed by atoms with van der Waals surface area (Å²) in [4.78, 5) is 38.3. The van der Waals surface area contributed by atoms with Gasteiger partial charge in [-0.3, -0.25) is 14.4 Å². The second-order valence-electron chi connectivity index (χ2n) is 23.8. The number of hydrogen-bond acceptors (Lipinski definition) is 6. The first-order valence-electron chi connectivity index (χ1n) is 35.0. The van der Waals surface area contributed by atoms with E-state index in [4.69, 9.17) is 14.2 Å². The van der Waals surface area contributed by atoms with Crippen molar-refractivity contribution in [3.63, 3.8) is 0 Å². The van der Waals surface area contributed by atoms with E-state index < -0.39 is 6.10 Å². The van der Waals surface area contributed by atoms with Gasteiger partial charge >= 0.3 is 17.9 Å². The lowest BCUT2D eigenvalue weighted by Gasteiger charge is -2.18. The molecule has 0 aliphatic carbocycles. The number of unbranched alkanes of at least 4 members (excludes halogenated alkanes) is 48. The summed E-state index contributed by atoms with van der Waals surface area (Å²) in [5.41, 5.74) is 0. The van der Waals surface area contributed by atoms with Crippen LogP contribution in [0.1, 0.15) is 387 Å². The van der Waals surface area contributed by atoms with E-state index in [1.165, 1.54) is 276 Å². The molecule has 0 aliphatic rings. The maximum atomic E-state index is 12.9. The normalized spacial score (nSPS) is 12.2. The van der Waals surface area contributed by atoms with Crippen LogP contribution in [0.3, 0.4) is 0 Å². The van der Waals surface area contributed by atoms with Crippen LogP contribution in [0.5, 0.6) is 0 Å². The zero-order valence-electron chi connectivity index (χ0n) is 52.7. The molecule has 0 radical (unpaired) electrons. The average Bonchev–Trinajstić information content (AvgIpc) is 3.44. The molecule has 6 heteroatoms. The van der Waals surface area contributed by atoms with Crippen LogP contribution in [0, 0.1) is 0 Å². The summed E-state index contributed by atoms with van der Waals surface area (Å²) in [6.07, 6.45) is 83.4. The number of rotatable bonds is 65. The van der Waals surface area contributed by atoms with Crippen LogP contribution < -0.4 is 0 Å². The minimum atomic E-state index is -0.777. The lowest BCUT2D eigenvalue weighted by molar-refractivity contribution is -0.167. The maximum absolute atomic E-state index is 12.9. The van der Waals surface area contributed by atoms with Gasteiger partial charge in [0.1, 0.15) is 13.2 Å². The van der Waals surface area contributed by atoms with Gasteiger partial charge in [0.15, 0.2) is 6.10 Å². The number of hydrogen-bond donors (Lipinski definition) is 0. The fourth-order valence-electron chi connectivity index (χ4n) is 10.5. The van der Waals surface area contributed by atoms with Crippen LogP contribution in [0.4, 0.5) is 0 Å². The van der Waals surface area contributed by atoms with Crippen molar-refractivity contribution in [3.05, 3.63) is 36.5 Å². The third-order valence-corrected chi connectivity index (χ3v) is 15.8. The Morgan fingerprint density at radius 2 is 0.423 bits per heavy atom. The van der Waals surface area contributed by atoms with Gasteiger partial charge in [-0.1, -0.05) is 308 Å². The quantitative estimate of drug-likeness (QED) is 0.0261. The second-order valence-corrected chi connectivity index (χ2v) is 23.8. The van der Waals surface area contributed by atoms with E-state index in [0.717, 1.165) is 70.6 Å². The molecule has 0 aliphatic heterocycles. The molecule has 0 spiro atoms. The molecule has 0 heterocycles. The molecule has 0 saturated carbocycles. The van der Waals surface area contributed by atoms with Crippen molar-refractivity contribution in [2.75, 3.05) is 13.2 Å². The lowest BCUT2D eigenvalue weighted by atomic mass is 10.0. The SMILES string of the molecule is CCCCC/C=C\CCCCCCCC(=O)OCC(COC(=O)CCCCCCCCCCCCCCCCCCCCCCC/C=C\CCCCCCCCCC)OC(=O)CCCCCCC/C=C\CCCCCCCC. The molecule has 0 rings (SSSR count). The van der Waals surface area contributed by atoms with Crippen molar-refractivity contribution in [2.45, 2.75) is 393 Å². The molecule has 0 fully saturated rings. The Morgan fingerprint density at radius 3 is 0.667 bits per heavy atom. The van der Waals surface area contributed by atoms with Crippen molar-refractivity contribution >= 4 is 17.9 Å². The van der Waals surface area contributed by atoms with Gasteiger partial charge in [-0.25, -0.2) is 0 Å². The molecular formula is C72H134O6. The van der Waals surface area contributed by atoms with Gasteiger partial charge in [0.25, 0.3) is 0 Å². The second kappa shape index (κ2) is 67.1. The van der Waals surface area contributed by atoms with Crippen molar-refractivity contribution < 1.29 is 28.6 Å². The van der Waals surface area contributed by atoms with Crippen LogP contribution in [0.15, 0.2) is 36.5 Å². The van der Waals surface area contributed by atoms with Crippen LogP contribution >= 0.6 is 0 Å². The molecule has 78 heavy (non-hydrogen) atoms. The summed E-state index contributed by atoms with van der Waals surface area (Å²) in [5.74, 6) is -0.869. The monoisotopic (exact) mass is 1100 g/mol. The van der Waals surface area contributed by atoms with Gasteiger partial charge in [0, 0.05) is 19.3 Å². The summed E-state index contributed by atoms with van der Waals surface area (Å²) >= 11 is 0. The Kier molecular flexibility index (Phi) is 65.1. The van der Waals surface area contributed by atoms with Gasteiger partial charge in [-0.15, -0.1) is 0 Å². The molecule has 0 N–H and O–H groups in total. The van der Waals surface area contributed by atoms with Crippen molar-refractivity contribution in [1.82, 2.24) is 0 Å². The zero-order chi connectivity index (χ0) is 56.4. The van der Waals surface area contributed by atoms with Gasteiger partial charge < -0.3 is 14.2 Å². The summed E-state index contributed by atoms with van der Waals surface area (Å²) in [6, 6.07) is 0. The highest BCUT2D eigenvalue weighted by atomic mass is 16.6. The maximum Gasteiger partial charge on any atom is 0.306 e. The van der Waals surface area contributed by atoms with E-state index in [-0.39, 0.29) is 31.1 Å². The zero-order valence-corrected chi connectivity index (χ0v) is 52.7. The first-order valence-corrected chi connectivity index (χ1v) is 35.0. The Bertz CT molecular complexity index is 1300. The Labute approximate surface area is 486 Å². The minimum absolute atomic E-state index is 0.0738. The molecule has 0 aromatic rings. The fourth-order valence-corrected chi connectivity index (χ4v) is 10.5. The highest BCUT2D eigenvalue weighted by Crippen LogP contribution is 2.18. The Morgan fingerprint density at radius 1 is 0.244 bits per heavy atom. The van der Waals surface area contributed by atoms with Gasteiger partial charge in [0.05, 0.1) is 0 Å². The molecule has 0 aromatic carbocycles. The first-order chi connectivity index (χ1) is 38.5. The standard InChI is InChI=1S/C72H134O6/c1-4-7-10-13-16-19-22-25-27-28-29-30-31-32-33-34-35-36-37-38-39-40-41-42-43-44-46-47-50-53-56-59-62-65-71(74)77-68-69(67-76-70(73)64-61-58-55-52-49-24-21-18-15-12-9-6-3)78-72(75)66-63-60-57-54-51-48-45-26-23-20-17-14-11-8-5-2/h18,21,26,28-29,45,69H,4-17,19-20,22-25,27,30-44,46-68H2,1-3H3/b21-18-,29-28-,45-26-. The molecule has 0 saturated heterocycles. The summed E-state index contributed by atoms with van der Waals surface area (Å²) in [7, 11) is 0. The molecular weight excluding hydrogens is 961 g/mol. The van der Waals surface area contributed by atoms with Crippen molar-refractivity contribution in [2.24, 2.45) is 0 Å². The van der Waals surface area contributed by atoms with E-state index in [1.54, 1.807) is 0 Å². The predicted octanol–water partition coefficient (Wildman–Crippen LogP) is 23.9. The highest BCUT2D eigenvalue weighted by Gasteiger charge is 2.19. The molecule has 458 valence electrons. The number of carbonyl (C=O) groups is 3. The van der Waals surface area contributed by atoms with Gasteiger partial charge in [-0.05, 0) is 96.3 Å². The summed E-state index contributed by atoms with van der Waals surface area (Å²) < 4.78 is 16.9. The number of ether oxygens (including phenoxy) is 3. The summed E-state index contributed by atoms with van der Waals surface area (Å²) in [5, 5.41) is 0. The molecule has 0 aromatic heterocycles. The number of allylic oxidation sites excluding steroid dienone is 6. The Balaban J connectivity index is 4.07. The van der Waals surface area contributed by atoms with E-state index in [0.29, 0.717) is 19.3 Å². The molecule has 1 atom stereocenters. The smallest absolute Gasteiger partial charge is 0.306 e. The van der Waals surface area contributed by atoms with Crippen LogP contribution in [0.25, 0.3) is 0 Å². The average molecular weight is 1100 g/mol. The third kappa shape index (κ3) is 64.5. The van der Waals surface area contributed by atoms with Gasteiger partial charge in [-0.2, -0.15) is 0 Å². The molecule has 0 bridgehead atoms. The molecule has 6 nitrogen and oxygen atoms in total. The predicted molar refractivity (Wildman–Crippen MR) is 339 cm³/mol. The summed E-state index contributed by atoms with van der Waals surface area (Å²) in [6.45, 7) is 6.65. The Hall–Kier alpha value is -2.37. The van der Waals surface area contributed by atoms with Crippen LogP contribution in [0.2, 0.25) is 0 Å². The van der Waals surface area contributed by atoms with E-state index in [1.807, 2.05) is 0 Å². The third-order valence-electron chi connectivity index (χ3n) is 15.8. The molecule has 1 unspecified atom stereocenters. The van der Waals surface area contributed by atoms with Crippen molar-refractivity contribution in [3.8, 4) is 0 Å². The number of carbonyl (C=O) groups excluding carboxylic acids is 3. The highest BCUT2D eigenvalue weighted by molar-refractivity contribution is 5.71. The largest absolute Gasteiger partial charge is 0.462 e. The van der Waals surface area contributed by atoms with E-state index in [9.17, 15) is 14.4 Å². The van der Waals surface area contributed by atoms with E-state index >= 15 is 0 Å². The van der Waals surface area contributed by atoms with E-state index in [2.05, 4.69) is 57.2 Å². The van der Waals surface area contributed by atoms with Crippen molar-refractivity contribution in [1.29, 1.82) is 0 Å². The van der Waals surface area contributed by atoms with Crippen LogP contribution in [-0.2, 0) is 28.6 Å².